The minimum absolute atomic E-state index is 0.00724. The third-order valence-electron chi connectivity index (χ3n) is 4.59. The lowest BCUT2D eigenvalue weighted by Gasteiger charge is -2.27. The van der Waals surface area contributed by atoms with Gasteiger partial charge in [0.2, 0.25) is 5.78 Å². The van der Waals surface area contributed by atoms with E-state index in [4.69, 9.17) is 4.74 Å². The molecule has 5 nitrogen and oxygen atoms in total. The van der Waals surface area contributed by atoms with Crippen molar-refractivity contribution in [2.45, 2.75) is 45.8 Å². The fourth-order valence-electron chi connectivity index (χ4n) is 3.36. The van der Waals surface area contributed by atoms with Gasteiger partial charge in [0.1, 0.15) is 5.75 Å². The van der Waals surface area contributed by atoms with Crippen molar-refractivity contribution in [1.82, 2.24) is 4.90 Å². The Morgan fingerprint density at radius 2 is 2.07 bits per heavy atom. The molecule has 0 fully saturated rings. The molecular weight excluding hydrogens is 374 g/mol. The Labute approximate surface area is 169 Å². The van der Waals surface area contributed by atoms with Crippen LogP contribution in [0.2, 0.25) is 0 Å². The van der Waals surface area contributed by atoms with E-state index in [2.05, 4.69) is 0 Å². The molecule has 1 atom stereocenters. The van der Waals surface area contributed by atoms with Crippen molar-refractivity contribution >= 4 is 23.0 Å². The smallest absolute Gasteiger partial charge is 0.290 e. The van der Waals surface area contributed by atoms with Crippen molar-refractivity contribution in [3.63, 3.8) is 0 Å². The Morgan fingerprint density at radius 3 is 2.71 bits per heavy atom. The molecule has 1 N–H and O–H groups in total. The number of benzene rings is 1. The number of carbonyl (C=O) groups excluding carboxylic acids is 2. The molecule has 1 aliphatic heterocycles. The molecule has 0 saturated heterocycles. The number of ether oxygens (including phenoxy) is 1. The zero-order valence-electron chi connectivity index (χ0n) is 16.3. The van der Waals surface area contributed by atoms with E-state index in [0.29, 0.717) is 17.2 Å². The zero-order chi connectivity index (χ0) is 20.3. The molecule has 2 aromatic rings. The molecule has 6 heteroatoms. The van der Waals surface area contributed by atoms with Crippen LogP contribution in [0.1, 0.15) is 54.9 Å². The van der Waals surface area contributed by atoms with Crippen molar-refractivity contribution in [2.75, 3.05) is 6.54 Å². The molecule has 0 aliphatic carbocycles. The molecule has 0 spiro atoms. The van der Waals surface area contributed by atoms with E-state index in [1.165, 1.54) is 11.3 Å². The normalized spacial score (nSPS) is 16.9. The highest BCUT2D eigenvalue weighted by Crippen LogP contribution is 2.40. The highest BCUT2D eigenvalue weighted by atomic mass is 32.1. The van der Waals surface area contributed by atoms with Crippen LogP contribution < -0.4 is 4.74 Å². The average molecular weight is 400 g/mol. The number of aliphatic hydroxyl groups excluding tert-OH is 1. The van der Waals surface area contributed by atoms with Gasteiger partial charge < -0.3 is 14.7 Å². The second kappa shape index (κ2) is 8.61. The first-order valence-corrected chi connectivity index (χ1v) is 10.4. The third-order valence-corrected chi connectivity index (χ3v) is 5.46. The lowest BCUT2D eigenvalue weighted by Crippen LogP contribution is -2.32. The molecule has 1 aromatic carbocycles. The van der Waals surface area contributed by atoms with Crippen molar-refractivity contribution < 1.29 is 19.4 Å². The van der Waals surface area contributed by atoms with Gasteiger partial charge in [0, 0.05) is 6.54 Å². The molecule has 3 rings (SSSR count). The predicted octanol–water partition coefficient (Wildman–Crippen LogP) is 4.91. The van der Waals surface area contributed by atoms with E-state index in [0.717, 1.165) is 18.4 Å². The summed E-state index contributed by atoms with van der Waals surface area (Å²) in [6.45, 7) is 6.39. The predicted molar refractivity (Wildman–Crippen MR) is 110 cm³/mol. The first-order valence-electron chi connectivity index (χ1n) is 9.53. The number of nitrogens with zero attached hydrogens (tertiary/aromatic N) is 1. The minimum Gasteiger partial charge on any atom is -0.503 e. The molecule has 0 radical (unpaired) electrons. The number of Topliss-reactive ketones (excluding diaryl/α,β-unsaturated/α-hetero) is 1. The second-order valence-electron chi connectivity index (χ2n) is 7.06. The molecule has 2 heterocycles. The van der Waals surface area contributed by atoms with Gasteiger partial charge in [-0.1, -0.05) is 31.5 Å². The third kappa shape index (κ3) is 3.97. The van der Waals surface area contributed by atoms with Gasteiger partial charge in [-0.25, -0.2) is 0 Å². The summed E-state index contributed by atoms with van der Waals surface area (Å²) in [5.41, 5.74) is 0.900. The summed E-state index contributed by atoms with van der Waals surface area (Å²) in [4.78, 5) is 28.0. The van der Waals surface area contributed by atoms with Gasteiger partial charge in [-0.05, 0) is 49.4 Å². The summed E-state index contributed by atoms with van der Waals surface area (Å²) < 4.78 is 5.79. The maximum Gasteiger partial charge on any atom is 0.290 e. The summed E-state index contributed by atoms with van der Waals surface area (Å²) in [6, 6.07) is 10.3. The van der Waals surface area contributed by atoms with E-state index in [1.54, 1.807) is 17.0 Å². The highest BCUT2D eigenvalue weighted by molar-refractivity contribution is 7.12. The molecule has 0 saturated carbocycles. The lowest BCUT2D eigenvalue weighted by molar-refractivity contribution is -0.129. The van der Waals surface area contributed by atoms with Crippen LogP contribution in [0, 0.1) is 0 Å². The van der Waals surface area contributed by atoms with Crippen LogP contribution in [0.5, 0.6) is 5.75 Å². The number of rotatable bonds is 8. The van der Waals surface area contributed by atoms with Gasteiger partial charge >= 0.3 is 0 Å². The average Bonchev–Trinajstić information content (AvgIpc) is 3.28. The maximum atomic E-state index is 13.1. The second-order valence-corrected chi connectivity index (χ2v) is 8.01. The van der Waals surface area contributed by atoms with Crippen LogP contribution in [0.25, 0.3) is 0 Å². The van der Waals surface area contributed by atoms with Crippen LogP contribution in [0.3, 0.4) is 0 Å². The number of hydrogen-bond donors (Lipinski definition) is 1. The van der Waals surface area contributed by atoms with E-state index in [-0.39, 0.29) is 17.5 Å². The summed E-state index contributed by atoms with van der Waals surface area (Å²) >= 11 is 1.30. The van der Waals surface area contributed by atoms with Crippen LogP contribution in [0.15, 0.2) is 53.1 Å². The number of thiophene rings is 1. The van der Waals surface area contributed by atoms with Crippen LogP contribution in [-0.4, -0.2) is 34.3 Å². The molecule has 1 aliphatic rings. The fourth-order valence-corrected chi connectivity index (χ4v) is 4.04. The fraction of sp³-hybridized carbons (Fsp3) is 0.364. The van der Waals surface area contributed by atoms with Gasteiger partial charge in [0.25, 0.3) is 5.91 Å². The summed E-state index contributed by atoms with van der Waals surface area (Å²) in [5.74, 6) is -0.576. The number of unbranched alkanes of at least 4 members (excludes halogenated alkanes) is 1. The zero-order valence-corrected chi connectivity index (χ0v) is 17.2. The SMILES string of the molecule is CCCCN1C(=O)C(O)=C(C(=O)c2cccs2)C1c1cccc(OC(C)C)c1. The molecule has 1 amide bonds. The van der Waals surface area contributed by atoms with Gasteiger partial charge in [-0.3, -0.25) is 9.59 Å². The van der Waals surface area contributed by atoms with Gasteiger partial charge in [-0.2, -0.15) is 0 Å². The Hall–Kier alpha value is -2.60. The summed E-state index contributed by atoms with van der Waals surface area (Å²) in [5, 5.41) is 12.4. The van der Waals surface area contributed by atoms with Crippen LogP contribution in [-0.2, 0) is 4.79 Å². The number of carbonyl (C=O) groups is 2. The van der Waals surface area contributed by atoms with Crippen molar-refractivity contribution in [2.24, 2.45) is 0 Å². The van der Waals surface area contributed by atoms with E-state index in [1.807, 2.05) is 50.4 Å². The lowest BCUT2D eigenvalue weighted by atomic mass is 9.95. The molecule has 148 valence electrons. The molecule has 1 aromatic heterocycles. The molecular formula is C22H25NO4S. The van der Waals surface area contributed by atoms with Gasteiger partial charge in [-0.15, -0.1) is 11.3 Å². The number of ketones is 1. The Bertz CT molecular complexity index is 886. The van der Waals surface area contributed by atoms with Crippen molar-refractivity contribution in [3.8, 4) is 5.75 Å². The first kappa shape index (κ1) is 20.1. The quantitative estimate of drug-likeness (QED) is 0.640. The van der Waals surface area contributed by atoms with Gasteiger partial charge in [0.05, 0.1) is 22.6 Å². The van der Waals surface area contributed by atoms with Crippen LogP contribution >= 0.6 is 11.3 Å². The highest BCUT2D eigenvalue weighted by Gasteiger charge is 2.43. The molecule has 28 heavy (non-hydrogen) atoms. The Balaban J connectivity index is 2.06. The largest absolute Gasteiger partial charge is 0.503 e. The monoisotopic (exact) mass is 399 g/mol. The topological polar surface area (TPSA) is 66.8 Å². The van der Waals surface area contributed by atoms with E-state index < -0.39 is 17.7 Å². The summed E-state index contributed by atoms with van der Waals surface area (Å²) in [7, 11) is 0. The minimum atomic E-state index is -0.621. The van der Waals surface area contributed by atoms with E-state index >= 15 is 0 Å². The van der Waals surface area contributed by atoms with Crippen molar-refractivity contribution in [3.05, 3.63) is 63.6 Å². The Morgan fingerprint density at radius 1 is 1.29 bits per heavy atom. The maximum absolute atomic E-state index is 13.1. The van der Waals surface area contributed by atoms with E-state index in [9.17, 15) is 14.7 Å². The standard InChI is InChI=1S/C22H25NO4S/c1-4-5-11-23-19(15-8-6-9-16(13-15)27-14(2)3)18(21(25)22(23)26)20(24)17-10-7-12-28-17/h6-10,12-14,19,25H,4-5,11H2,1-3H3. The van der Waals surface area contributed by atoms with Crippen LogP contribution in [0.4, 0.5) is 0 Å². The first-order chi connectivity index (χ1) is 13.4. The number of amides is 1. The Kier molecular flexibility index (Phi) is 6.19. The number of aliphatic hydroxyl groups is 1. The van der Waals surface area contributed by atoms with Crippen molar-refractivity contribution in [1.29, 1.82) is 0 Å². The molecule has 0 bridgehead atoms. The number of hydrogen-bond acceptors (Lipinski definition) is 5. The summed E-state index contributed by atoms with van der Waals surface area (Å²) in [6.07, 6.45) is 1.70. The van der Waals surface area contributed by atoms with Gasteiger partial charge in [0.15, 0.2) is 5.76 Å². The molecule has 1 unspecified atom stereocenters.